The third-order valence-electron chi connectivity index (χ3n) is 3.90. The van der Waals surface area contributed by atoms with E-state index in [-0.39, 0.29) is 6.07 Å². The van der Waals surface area contributed by atoms with Crippen molar-refractivity contribution in [2.75, 3.05) is 11.1 Å². The van der Waals surface area contributed by atoms with Gasteiger partial charge in [0, 0.05) is 12.1 Å². The summed E-state index contributed by atoms with van der Waals surface area (Å²) in [6, 6.07) is 4.99. The van der Waals surface area contributed by atoms with Crippen LogP contribution in [-0.2, 0) is 20.8 Å². The second-order valence-electron chi connectivity index (χ2n) is 6.43. The van der Waals surface area contributed by atoms with Crippen LogP contribution in [-0.4, -0.2) is 35.7 Å². The van der Waals surface area contributed by atoms with Crippen LogP contribution in [0.5, 0.6) is 0 Å². The first-order valence-electron chi connectivity index (χ1n) is 8.01. The maximum absolute atomic E-state index is 13.2. The van der Waals surface area contributed by atoms with Crippen LogP contribution in [0.4, 0.5) is 28.9 Å². The predicted molar refractivity (Wildman–Crippen MR) is 95.8 cm³/mol. The summed E-state index contributed by atoms with van der Waals surface area (Å²) >= 11 is 0. The highest BCUT2D eigenvalue weighted by atomic mass is 32.2. The Morgan fingerprint density at radius 1 is 1.17 bits per heavy atom. The molecule has 0 spiro atoms. The summed E-state index contributed by atoms with van der Waals surface area (Å²) in [4.78, 5) is 21.5. The number of nitro benzene ring substituents is 1. The van der Waals surface area contributed by atoms with Crippen molar-refractivity contribution >= 4 is 27.1 Å². The number of halogens is 4. The monoisotopic (exact) mass is 450 g/mol. The summed E-state index contributed by atoms with van der Waals surface area (Å²) in [5.74, 6) is -3.44. The lowest BCUT2D eigenvalue weighted by Crippen LogP contribution is -2.46. The number of aliphatic hydroxyl groups is 1. The molecule has 0 saturated carbocycles. The molecule has 2 aromatic rings. The van der Waals surface area contributed by atoms with Gasteiger partial charge in [0.05, 0.1) is 26.8 Å². The molecule has 2 rings (SSSR count). The van der Waals surface area contributed by atoms with Crippen LogP contribution in [0.2, 0.25) is 0 Å². The SMILES string of the molecule is CC(O)(CS(=O)(=O)c1ccc(F)cc1)C(=O)Nc1ccc([N+](=O)[O-])cc1C(F)(F)F. The van der Waals surface area contributed by atoms with E-state index < -0.39 is 65.8 Å². The number of amides is 1. The van der Waals surface area contributed by atoms with Crippen LogP contribution in [0.3, 0.4) is 0 Å². The van der Waals surface area contributed by atoms with Gasteiger partial charge in [-0.25, -0.2) is 12.8 Å². The Bertz CT molecular complexity index is 1080. The zero-order valence-electron chi connectivity index (χ0n) is 15.1. The maximum Gasteiger partial charge on any atom is 0.418 e. The van der Waals surface area contributed by atoms with Crippen LogP contribution in [0.15, 0.2) is 47.4 Å². The number of benzene rings is 2. The standard InChI is InChI=1S/C17H14F4N2O6S/c1-16(25,9-30(28,29)12-5-2-10(18)3-6-12)15(24)22-14-7-4-11(23(26)27)8-13(14)17(19,20)21/h2-8,25H,9H2,1H3,(H,22,24). The topological polar surface area (TPSA) is 127 Å². The molecule has 0 aromatic heterocycles. The van der Waals surface area contributed by atoms with Crippen molar-refractivity contribution < 1.29 is 40.8 Å². The van der Waals surface area contributed by atoms with Gasteiger partial charge in [-0.15, -0.1) is 0 Å². The lowest BCUT2D eigenvalue weighted by Gasteiger charge is -2.23. The highest BCUT2D eigenvalue weighted by Gasteiger charge is 2.40. The van der Waals surface area contributed by atoms with E-state index in [1.54, 1.807) is 5.32 Å². The molecule has 0 aliphatic carbocycles. The molecule has 1 amide bonds. The molecule has 0 fully saturated rings. The Hall–Kier alpha value is -3.06. The van der Waals surface area contributed by atoms with Crippen LogP contribution < -0.4 is 5.32 Å². The smallest absolute Gasteiger partial charge is 0.379 e. The number of non-ortho nitro benzene ring substituents is 1. The molecule has 0 aliphatic rings. The van der Waals surface area contributed by atoms with Crippen molar-refractivity contribution in [2.45, 2.75) is 23.6 Å². The number of hydrogen-bond donors (Lipinski definition) is 2. The van der Waals surface area contributed by atoms with E-state index in [2.05, 4.69) is 0 Å². The number of nitro groups is 1. The minimum absolute atomic E-state index is 0.194. The van der Waals surface area contributed by atoms with Crippen LogP contribution >= 0.6 is 0 Å². The number of sulfone groups is 1. The summed E-state index contributed by atoms with van der Waals surface area (Å²) in [7, 11) is -4.32. The summed E-state index contributed by atoms with van der Waals surface area (Å²) in [6.45, 7) is 0.766. The van der Waals surface area contributed by atoms with Gasteiger partial charge in [0.1, 0.15) is 5.82 Å². The predicted octanol–water partition coefficient (Wildman–Crippen LogP) is 2.92. The lowest BCUT2D eigenvalue weighted by molar-refractivity contribution is -0.385. The molecule has 8 nitrogen and oxygen atoms in total. The fraction of sp³-hybridized carbons (Fsp3) is 0.235. The Labute approximate surface area is 167 Å². The molecular weight excluding hydrogens is 436 g/mol. The third kappa shape index (κ3) is 5.30. The van der Waals surface area contributed by atoms with Gasteiger partial charge in [0.2, 0.25) is 0 Å². The summed E-state index contributed by atoms with van der Waals surface area (Å²) in [5.41, 5.74) is -6.02. The first-order valence-corrected chi connectivity index (χ1v) is 9.66. The van der Waals surface area contributed by atoms with E-state index in [1.165, 1.54) is 0 Å². The van der Waals surface area contributed by atoms with E-state index in [4.69, 9.17) is 0 Å². The maximum atomic E-state index is 13.2. The number of alkyl halides is 3. The molecule has 0 radical (unpaired) electrons. The van der Waals surface area contributed by atoms with Gasteiger partial charge in [-0.05, 0) is 37.3 Å². The molecule has 13 heteroatoms. The average Bonchev–Trinajstić information content (AvgIpc) is 2.60. The van der Waals surface area contributed by atoms with E-state index in [9.17, 15) is 46.0 Å². The largest absolute Gasteiger partial charge is 0.418 e. The summed E-state index contributed by atoms with van der Waals surface area (Å²) in [6.07, 6.45) is -5.08. The van der Waals surface area contributed by atoms with Gasteiger partial charge in [-0.1, -0.05) is 0 Å². The highest BCUT2D eigenvalue weighted by Crippen LogP contribution is 2.37. The van der Waals surface area contributed by atoms with Gasteiger partial charge in [0.15, 0.2) is 15.4 Å². The molecule has 1 unspecified atom stereocenters. The Balaban J connectivity index is 2.32. The molecule has 30 heavy (non-hydrogen) atoms. The van der Waals surface area contributed by atoms with Gasteiger partial charge < -0.3 is 10.4 Å². The quantitative estimate of drug-likeness (QED) is 0.302. The molecule has 1 atom stereocenters. The number of carbonyl (C=O) groups excluding carboxylic acids is 1. The molecule has 2 aromatic carbocycles. The minimum Gasteiger partial charge on any atom is -0.379 e. The Morgan fingerprint density at radius 2 is 1.73 bits per heavy atom. The number of nitrogens with one attached hydrogen (secondary N) is 1. The number of rotatable bonds is 6. The third-order valence-corrected chi connectivity index (χ3v) is 5.83. The first kappa shape index (κ1) is 23.2. The number of anilines is 1. The van der Waals surface area contributed by atoms with E-state index in [0.29, 0.717) is 12.1 Å². The molecule has 0 bridgehead atoms. The van der Waals surface area contributed by atoms with Gasteiger partial charge in [0.25, 0.3) is 11.6 Å². The van der Waals surface area contributed by atoms with Crippen LogP contribution in [0.25, 0.3) is 0 Å². The number of hydrogen-bond acceptors (Lipinski definition) is 6. The number of carbonyl (C=O) groups is 1. The Kier molecular flexibility index (Phi) is 6.18. The molecule has 162 valence electrons. The van der Waals surface area contributed by atoms with Crippen molar-refractivity contribution in [1.29, 1.82) is 0 Å². The molecular formula is C17H14F4N2O6S. The molecule has 2 N–H and O–H groups in total. The Morgan fingerprint density at radius 3 is 2.23 bits per heavy atom. The normalized spacial score (nSPS) is 14.1. The average molecular weight is 450 g/mol. The lowest BCUT2D eigenvalue weighted by atomic mass is 10.1. The van der Waals surface area contributed by atoms with Crippen molar-refractivity contribution in [2.24, 2.45) is 0 Å². The fourth-order valence-corrected chi connectivity index (χ4v) is 4.00. The van der Waals surface area contributed by atoms with Crippen LogP contribution in [0, 0.1) is 15.9 Å². The fourth-order valence-electron chi connectivity index (χ4n) is 2.41. The zero-order chi connectivity index (χ0) is 22.9. The second-order valence-corrected chi connectivity index (χ2v) is 8.42. The van der Waals surface area contributed by atoms with Gasteiger partial charge >= 0.3 is 6.18 Å². The summed E-state index contributed by atoms with van der Waals surface area (Å²) in [5, 5.41) is 22.7. The van der Waals surface area contributed by atoms with Crippen molar-refractivity contribution in [3.8, 4) is 0 Å². The van der Waals surface area contributed by atoms with Gasteiger partial charge in [-0.3, -0.25) is 14.9 Å². The summed E-state index contributed by atoms with van der Waals surface area (Å²) < 4.78 is 77.2. The molecule has 0 aliphatic heterocycles. The highest BCUT2D eigenvalue weighted by molar-refractivity contribution is 7.91. The molecule has 0 saturated heterocycles. The van der Waals surface area contributed by atoms with Crippen LogP contribution in [0.1, 0.15) is 12.5 Å². The number of nitrogens with zero attached hydrogens (tertiary/aromatic N) is 1. The van der Waals surface area contributed by atoms with Crippen molar-refractivity contribution in [3.05, 3.63) is 64.0 Å². The van der Waals surface area contributed by atoms with Gasteiger partial charge in [-0.2, -0.15) is 13.2 Å². The molecule has 0 heterocycles. The minimum atomic E-state index is -5.08. The van der Waals surface area contributed by atoms with Crippen molar-refractivity contribution in [3.63, 3.8) is 0 Å². The van der Waals surface area contributed by atoms with E-state index in [1.807, 2.05) is 0 Å². The van der Waals surface area contributed by atoms with E-state index >= 15 is 0 Å². The first-order chi connectivity index (χ1) is 13.6. The van der Waals surface area contributed by atoms with Crippen molar-refractivity contribution in [1.82, 2.24) is 0 Å². The van der Waals surface area contributed by atoms with E-state index in [0.717, 1.165) is 31.2 Å². The second kappa shape index (κ2) is 7.99. The zero-order valence-corrected chi connectivity index (χ0v) is 15.9.